The molecule has 0 radical (unpaired) electrons. The number of hydrogen-bond donors (Lipinski definition) is 1. The van der Waals surface area contributed by atoms with Crippen molar-refractivity contribution in [1.82, 2.24) is 14.8 Å². The third-order valence-electron chi connectivity index (χ3n) is 8.69. The second-order valence-electron chi connectivity index (χ2n) is 12.0. The van der Waals surface area contributed by atoms with Gasteiger partial charge in [0.25, 0.3) is 5.91 Å². The normalized spacial score (nSPS) is 19.0. The zero-order valence-corrected chi connectivity index (χ0v) is 25.9. The Labute approximate surface area is 273 Å². The van der Waals surface area contributed by atoms with E-state index in [1.807, 2.05) is 0 Å². The van der Waals surface area contributed by atoms with Crippen LogP contribution < -0.4 is 15.4 Å². The summed E-state index contributed by atoms with van der Waals surface area (Å²) in [7, 11) is 0. The summed E-state index contributed by atoms with van der Waals surface area (Å²) in [6.45, 7) is 5.34. The van der Waals surface area contributed by atoms with Gasteiger partial charge in [-0.15, -0.1) is 0 Å². The Balaban J connectivity index is 1.02. The van der Waals surface area contributed by atoms with E-state index in [1.165, 1.54) is 5.56 Å². The number of aromatic nitrogens is 1. The molecule has 3 aliphatic rings. The quantitative estimate of drug-likeness (QED) is 0.253. The number of fused-ring (bicyclic) bond motifs is 2. The molecule has 3 aromatic rings. The summed E-state index contributed by atoms with van der Waals surface area (Å²) < 4.78 is 52.6. The minimum atomic E-state index is -5.34. The Morgan fingerprint density at radius 1 is 1.04 bits per heavy atom. The third kappa shape index (κ3) is 7.52. The second kappa shape index (κ2) is 13.8. The molecular weight excluding hydrogens is 635 g/mol. The van der Waals surface area contributed by atoms with Crippen LogP contribution in [0.2, 0.25) is 0 Å². The van der Waals surface area contributed by atoms with Crippen LogP contribution >= 0.6 is 0 Å². The lowest BCUT2D eigenvalue weighted by Gasteiger charge is -2.28. The summed E-state index contributed by atoms with van der Waals surface area (Å²) in [5, 5.41) is 1.08. The van der Waals surface area contributed by atoms with Gasteiger partial charge < -0.3 is 29.7 Å². The topological polar surface area (TPSA) is 145 Å². The van der Waals surface area contributed by atoms with E-state index in [1.54, 1.807) is 18.2 Å². The van der Waals surface area contributed by atoms with Crippen LogP contribution in [0, 0.1) is 0 Å². The summed E-state index contributed by atoms with van der Waals surface area (Å²) >= 11 is 0. The number of ether oxygens (including phenoxy) is 3. The Morgan fingerprint density at radius 2 is 1.83 bits per heavy atom. The van der Waals surface area contributed by atoms with E-state index in [9.17, 15) is 32.3 Å². The van der Waals surface area contributed by atoms with Crippen LogP contribution in [0.3, 0.4) is 0 Å². The second-order valence-corrected chi connectivity index (χ2v) is 12.0. The first kappa shape index (κ1) is 33.2. The predicted octanol–water partition coefficient (Wildman–Crippen LogP) is 2.95. The van der Waals surface area contributed by atoms with Crippen LogP contribution in [-0.2, 0) is 36.9 Å². The number of halogens is 3. The molecular formula is C33H34F3N5O7. The molecule has 6 rings (SSSR count). The summed E-state index contributed by atoms with van der Waals surface area (Å²) in [6, 6.07) is 14.1. The fraction of sp³-hybridized carbons (Fsp3) is 0.424. The molecule has 4 heterocycles. The zero-order chi connectivity index (χ0) is 34.0. The van der Waals surface area contributed by atoms with Crippen LogP contribution in [0.25, 0.3) is 10.9 Å². The number of primary amides is 1. The zero-order valence-electron chi connectivity index (χ0n) is 25.9. The van der Waals surface area contributed by atoms with E-state index in [4.69, 9.17) is 20.2 Å². The van der Waals surface area contributed by atoms with Gasteiger partial charge >= 0.3 is 18.1 Å². The highest BCUT2D eigenvalue weighted by molar-refractivity contribution is 6.01. The van der Waals surface area contributed by atoms with Crippen molar-refractivity contribution in [2.75, 3.05) is 44.3 Å². The molecule has 15 heteroatoms. The molecule has 2 amide bonds. The number of amides is 2. The maximum Gasteiger partial charge on any atom is 0.491 e. The van der Waals surface area contributed by atoms with Crippen molar-refractivity contribution < 1.29 is 46.6 Å². The molecule has 0 spiro atoms. The van der Waals surface area contributed by atoms with Crippen LogP contribution in [0.1, 0.15) is 40.7 Å². The molecule has 3 aliphatic heterocycles. The van der Waals surface area contributed by atoms with E-state index < -0.39 is 48.8 Å². The number of carbonyl (C=O) groups excluding carboxylic acids is 4. The van der Waals surface area contributed by atoms with Crippen LogP contribution in [0.15, 0.2) is 48.5 Å². The summed E-state index contributed by atoms with van der Waals surface area (Å²) in [5.74, 6) is -4.10. The Hall–Kier alpha value is -4.76. The SMILES string of the molecule is NC(=O)[C@H](CCC(=O)OC(=O)C(F)(F)F)N1Cc2cc(O[C@H]3CCN(Cc4ccc5nc(N6CCOCC6)ccc5c4)C3)ccc2C1=O. The molecule has 2 saturated heterocycles. The van der Waals surface area contributed by atoms with Crippen LogP contribution in [-0.4, -0.2) is 96.3 Å². The summed E-state index contributed by atoms with van der Waals surface area (Å²) in [6.07, 6.45) is -5.77. The van der Waals surface area contributed by atoms with E-state index in [0.29, 0.717) is 36.6 Å². The molecule has 0 bridgehead atoms. The number of esters is 2. The average molecular weight is 670 g/mol. The number of morpholine rings is 1. The fourth-order valence-electron chi connectivity index (χ4n) is 6.28. The van der Waals surface area contributed by atoms with Crippen molar-refractivity contribution in [3.05, 3.63) is 65.2 Å². The van der Waals surface area contributed by atoms with Gasteiger partial charge in [0.1, 0.15) is 23.7 Å². The van der Waals surface area contributed by atoms with Crippen molar-refractivity contribution in [3.8, 4) is 5.75 Å². The number of anilines is 1. The summed E-state index contributed by atoms with van der Waals surface area (Å²) in [5.41, 5.74) is 8.48. The molecule has 48 heavy (non-hydrogen) atoms. The monoisotopic (exact) mass is 669 g/mol. The highest BCUT2D eigenvalue weighted by atomic mass is 19.4. The van der Waals surface area contributed by atoms with Gasteiger partial charge in [-0.05, 0) is 66.4 Å². The minimum Gasteiger partial charge on any atom is -0.489 e. The van der Waals surface area contributed by atoms with Gasteiger partial charge in [-0.25, -0.2) is 9.78 Å². The number of alkyl halides is 3. The average Bonchev–Trinajstić information content (AvgIpc) is 3.63. The number of nitrogens with two attached hydrogens (primary N) is 1. The van der Waals surface area contributed by atoms with Gasteiger partial charge in [0.05, 0.1) is 18.7 Å². The molecule has 2 fully saturated rings. The van der Waals surface area contributed by atoms with Crippen molar-refractivity contribution in [3.63, 3.8) is 0 Å². The van der Waals surface area contributed by atoms with E-state index in [0.717, 1.165) is 54.2 Å². The number of benzene rings is 2. The first-order valence-electron chi connectivity index (χ1n) is 15.6. The van der Waals surface area contributed by atoms with Crippen molar-refractivity contribution in [2.45, 2.75) is 50.7 Å². The Kier molecular flexibility index (Phi) is 9.51. The maximum absolute atomic E-state index is 13.1. The number of nitrogens with zero attached hydrogens (tertiary/aromatic N) is 4. The van der Waals surface area contributed by atoms with E-state index in [2.05, 4.69) is 44.9 Å². The number of carbonyl (C=O) groups is 4. The third-order valence-corrected chi connectivity index (χ3v) is 8.69. The molecule has 2 atom stereocenters. The lowest BCUT2D eigenvalue weighted by atomic mass is 10.1. The van der Waals surface area contributed by atoms with Gasteiger partial charge in [0.2, 0.25) is 5.91 Å². The van der Waals surface area contributed by atoms with Gasteiger partial charge in [-0.1, -0.05) is 6.07 Å². The lowest BCUT2D eigenvalue weighted by molar-refractivity contribution is -0.201. The highest BCUT2D eigenvalue weighted by Crippen LogP contribution is 2.31. The largest absolute Gasteiger partial charge is 0.491 e. The first-order chi connectivity index (χ1) is 22.9. The molecule has 12 nitrogen and oxygen atoms in total. The van der Waals surface area contributed by atoms with Gasteiger partial charge in [-0.2, -0.15) is 13.2 Å². The predicted molar refractivity (Wildman–Crippen MR) is 165 cm³/mol. The molecule has 2 aromatic carbocycles. The Bertz CT molecular complexity index is 1730. The van der Waals surface area contributed by atoms with Gasteiger partial charge in [0.15, 0.2) is 0 Å². The lowest BCUT2D eigenvalue weighted by Crippen LogP contribution is -2.45. The standard InChI is InChI=1S/C33H34F3N5O7/c34-33(35,36)32(45)48-29(42)8-6-27(30(37)43)41-18-22-16-23(3-4-25(22)31(41)44)47-24-9-10-39(19-24)17-20-1-5-26-21(15-20)2-7-28(38-26)40-11-13-46-14-12-40/h1-5,7,15-16,24,27H,6,8-14,17-19H2,(H2,37,43)/t24-,27-/m0/s1. The number of rotatable bonds is 10. The minimum absolute atomic E-state index is 0.0168. The molecule has 254 valence electrons. The van der Waals surface area contributed by atoms with Crippen LogP contribution in [0.4, 0.5) is 19.0 Å². The molecule has 1 aromatic heterocycles. The fourth-order valence-corrected chi connectivity index (χ4v) is 6.28. The molecule has 0 aliphatic carbocycles. The van der Waals surface area contributed by atoms with Crippen molar-refractivity contribution >= 4 is 40.5 Å². The summed E-state index contributed by atoms with van der Waals surface area (Å²) in [4.78, 5) is 58.5. The van der Waals surface area contributed by atoms with Crippen molar-refractivity contribution in [1.29, 1.82) is 0 Å². The molecule has 2 N–H and O–H groups in total. The van der Waals surface area contributed by atoms with E-state index >= 15 is 0 Å². The highest BCUT2D eigenvalue weighted by Gasteiger charge is 2.43. The van der Waals surface area contributed by atoms with Crippen molar-refractivity contribution in [2.24, 2.45) is 5.73 Å². The number of likely N-dealkylation sites (tertiary alicyclic amines) is 1. The maximum atomic E-state index is 13.1. The smallest absolute Gasteiger partial charge is 0.489 e. The molecule has 0 unspecified atom stereocenters. The van der Waals surface area contributed by atoms with Gasteiger partial charge in [0, 0.05) is 56.6 Å². The van der Waals surface area contributed by atoms with E-state index in [-0.39, 0.29) is 12.6 Å². The van der Waals surface area contributed by atoms with Crippen LogP contribution in [0.5, 0.6) is 5.75 Å². The first-order valence-corrected chi connectivity index (χ1v) is 15.6. The Morgan fingerprint density at radius 3 is 2.58 bits per heavy atom. The number of hydrogen-bond acceptors (Lipinski definition) is 10. The molecule has 0 saturated carbocycles. The number of pyridine rings is 1. The van der Waals surface area contributed by atoms with Gasteiger partial charge in [-0.3, -0.25) is 19.3 Å².